The zero-order valence-electron chi connectivity index (χ0n) is 12.7. The first-order chi connectivity index (χ1) is 11.4. The molecule has 2 aromatic rings. The van der Waals surface area contributed by atoms with E-state index in [1.807, 2.05) is 31.2 Å². The maximum atomic E-state index is 10.6. The van der Waals surface area contributed by atoms with Crippen molar-refractivity contribution in [2.75, 3.05) is 6.61 Å². The van der Waals surface area contributed by atoms with Crippen LogP contribution in [0.15, 0.2) is 45.3 Å². The SMILES string of the molecule is Cc1ccc(/C(C#N)=C\c2cc(Br)c(OCC(=O)O)c(Br)c2)cc1. The summed E-state index contributed by atoms with van der Waals surface area (Å²) in [5.74, 6) is -0.646. The number of halogens is 2. The number of nitrogens with zero attached hydrogens (tertiary/aromatic N) is 1. The summed E-state index contributed by atoms with van der Waals surface area (Å²) in [5.41, 5.74) is 3.28. The first kappa shape index (κ1) is 18.2. The van der Waals surface area contributed by atoms with Crippen LogP contribution in [-0.4, -0.2) is 17.7 Å². The summed E-state index contributed by atoms with van der Waals surface area (Å²) < 4.78 is 6.44. The largest absolute Gasteiger partial charge is 0.480 e. The van der Waals surface area contributed by atoms with Gasteiger partial charge in [0.25, 0.3) is 0 Å². The second-order valence-corrected chi connectivity index (χ2v) is 6.74. The Morgan fingerprint density at radius 2 is 1.83 bits per heavy atom. The molecule has 0 radical (unpaired) electrons. The van der Waals surface area contributed by atoms with Crippen LogP contribution >= 0.6 is 31.9 Å². The van der Waals surface area contributed by atoms with E-state index < -0.39 is 12.6 Å². The molecule has 0 aliphatic rings. The molecule has 0 fully saturated rings. The van der Waals surface area contributed by atoms with Crippen molar-refractivity contribution in [3.05, 3.63) is 62.0 Å². The minimum Gasteiger partial charge on any atom is -0.480 e. The Hall–Kier alpha value is -2.10. The number of aliphatic carboxylic acids is 1. The van der Waals surface area contributed by atoms with Gasteiger partial charge >= 0.3 is 5.97 Å². The number of hydrogen-bond acceptors (Lipinski definition) is 3. The van der Waals surface area contributed by atoms with Gasteiger partial charge in [0, 0.05) is 0 Å². The molecule has 0 aliphatic carbocycles. The van der Waals surface area contributed by atoms with Gasteiger partial charge in [-0.3, -0.25) is 0 Å². The zero-order chi connectivity index (χ0) is 17.7. The summed E-state index contributed by atoms with van der Waals surface area (Å²) in [6.45, 7) is 1.56. The molecule has 0 saturated carbocycles. The van der Waals surface area contributed by atoms with Crippen LogP contribution in [0, 0.1) is 18.3 Å². The van der Waals surface area contributed by atoms with Gasteiger partial charge in [-0.1, -0.05) is 29.8 Å². The Morgan fingerprint density at radius 3 is 2.33 bits per heavy atom. The molecule has 6 heteroatoms. The molecule has 0 amide bonds. The van der Waals surface area contributed by atoms with Crippen LogP contribution in [0.2, 0.25) is 0 Å². The van der Waals surface area contributed by atoms with E-state index >= 15 is 0 Å². The van der Waals surface area contributed by atoms with Crippen LogP contribution in [0.4, 0.5) is 0 Å². The maximum Gasteiger partial charge on any atom is 0.341 e. The lowest BCUT2D eigenvalue weighted by Crippen LogP contribution is -2.10. The summed E-state index contributed by atoms with van der Waals surface area (Å²) in [5, 5.41) is 18.1. The second-order valence-electron chi connectivity index (χ2n) is 5.03. The van der Waals surface area contributed by atoms with E-state index in [-0.39, 0.29) is 0 Å². The average Bonchev–Trinajstić information content (AvgIpc) is 2.52. The molecule has 0 spiro atoms. The van der Waals surface area contributed by atoms with E-state index in [0.717, 1.165) is 16.7 Å². The zero-order valence-corrected chi connectivity index (χ0v) is 15.9. The van der Waals surface area contributed by atoms with Crippen molar-refractivity contribution < 1.29 is 14.6 Å². The summed E-state index contributed by atoms with van der Waals surface area (Å²) >= 11 is 6.73. The third-order valence-electron chi connectivity index (χ3n) is 3.15. The number of hydrogen-bond donors (Lipinski definition) is 1. The number of nitriles is 1. The van der Waals surface area contributed by atoms with E-state index in [0.29, 0.717) is 20.3 Å². The molecule has 4 nitrogen and oxygen atoms in total. The van der Waals surface area contributed by atoms with Crippen LogP contribution in [-0.2, 0) is 4.79 Å². The third kappa shape index (κ3) is 4.70. The van der Waals surface area contributed by atoms with Gasteiger partial charge in [-0.05, 0) is 68.1 Å². The minimum absolute atomic E-state index is 0.406. The summed E-state index contributed by atoms with van der Waals surface area (Å²) in [7, 11) is 0. The van der Waals surface area contributed by atoms with E-state index in [1.165, 1.54) is 0 Å². The van der Waals surface area contributed by atoms with Gasteiger partial charge < -0.3 is 9.84 Å². The summed E-state index contributed by atoms with van der Waals surface area (Å²) in [6.07, 6.45) is 1.77. The van der Waals surface area contributed by atoms with Crippen molar-refractivity contribution in [3.63, 3.8) is 0 Å². The first-order valence-corrected chi connectivity index (χ1v) is 8.52. The van der Waals surface area contributed by atoms with Crippen molar-refractivity contribution >= 4 is 49.5 Å². The summed E-state index contributed by atoms with van der Waals surface area (Å²) in [4.78, 5) is 10.6. The first-order valence-electron chi connectivity index (χ1n) is 6.93. The van der Waals surface area contributed by atoms with Crippen molar-refractivity contribution in [2.45, 2.75) is 6.92 Å². The molecular weight excluding hydrogens is 438 g/mol. The predicted molar refractivity (Wildman–Crippen MR) is 99.6 cm³/mol. The van der Waals surface area contributed by atoms with Gasteiger partial charge in [-0.25, -0.2) is 4.79 Å². The second kappa shape index (κ2) is 8.13. The minimum atomic E-state index is -1.05. The van der Waals surface area contributed by atoms with Crippen LogP contribution in [0.25, 0.3) is 11.6 Å². The normalized spacial score (nSPS) is 11.0. The highest BCUT2D eigenvalue weighted by Crippen LogP contribution is 2.35. The topological polar surface area (TPSA) is 70.3 Å². The van der Waals surface area contributed by atoms with Gasteiger partial charge in [-0.15, -0.1) is 0 Å². The van der Waals surface area contributed by atoms with Gasteiger partial charge in [0.05, 0.1) is 20.6 Å². The Balaban J connectivity index is 2.36. The van der Waals surface area contributed by atoms with Crippen LogP contribution in [0.1, 0.15) is 16.7 Å². The van der Waals surface area contributed by atoms with Crippen LogP contribution < -0.4 is 4.74 Å². The molecule has 0 aliphatic heterocycles. The molecule has 2 rings (SSSR count). The van der Waals surface area contributed by atoms with E-state index in [4.69, 9.17) is 9.84 Å². The Labute approximate surface area is 156 Å². The smallest absolute Gasteiger partial charge is 0.341 e. The van der Waals surface area contributed by atoms with Gasteiger partial charge in [0.2, 0.25) is 0 Å². The Morgan fingerprint density at radius 1 is 1.25 bits per heavy atom. The van der Waals surface area contributed by atoms with E-state index in [1.54, 1.807) is 18.2 Å². The fourth-order valence-electron chi connectivity index (χ4n) is 2.01. The Kier molecular flexibility index (Phi) is 6.18. The van der Waals surface area contributed by atoms with Gasteiger partial charge in [-0.2, -0.15) is 5.26 Å². The number of benzene rings is 2. The number of rotatable bonds is 5. The maximum absolute atomic E-state index is 10.6. The highest BCUT2D eigenvalue weighted by Gasteiger charge is 2.11. The molecule has 0 aromatic heterocycles. The molecule has 0 bridgehead atoms. The number of carbonyl (C=O) groups is 1. The molecule has 1 N–H and O–H groups in total. The van der Waals surface area contributed by atoms with Crippen LogP contribution in [0.5, 0.6) is 5.75 Å². The van der Waals surface area contributed by atoms with Gasteiger partial charge in [0.1, 0.15) is 5.75 Å². The van der Waals surface area contributed by atoms with Crippen molar-refractivity contribution in [2.24, 2.45) is 0 Å². The Bertz CT molecular complexity index is 813. The lowest BCUT2D eigenvalue weighted by Gasteiger charge is -2.10. The van der Waals surface area contributed by atoms with Gasteiger partial charge in [0.15, 0.2) is 6.61 Å². The molecule has 0 unspecified atom stereocenters. The molecular formula is C18H13Br2NO3. The third-order valence-corrected chi connectivity index (χ3v) is 4.33. The predicted octanol–water partition coefficient (Wildman–Crippen LogP) is 5.05. The number of aryl methyl sites for hydroxylation is 1. The molecule has 0 saturated heterocycles. The van der Waals surface area contributed by atoms with E-state index in [9.17, 15) is 10.1 Å². The molecule has 122 valence electrons. The van der Waals surface area contributed by atoms with Crippen molar-refractivity contribution in [1.29, 1.82) is 5.26 Å². The lowest BCUT2D eigenvalue weighted by atomic mass is 10.0. The fraction of sp³-hybridized carbons (Fsp3) is 0.111. The monoisotopic (exact) mass is 449 g/mol. The number of allylic oxidation sites excluding steroid dienone is 1. The highest BCUT2D eigenvalue weighted by atomic mass is 79.9. The van der Waals surface area contributed by atoms with Crippen molar-refractivity contribution in [3.8, 4) is 11.8 Å². The number of ether oxygens (including phenoxy) is 1. The lowest BCUT2D eigenvalue weighted by molar-refractivity contribution is -0.139. The fourth-order valence-corrected chi connectivity index (χ4v) is 3.47. The molecule has 24 heavy (non-hydrogen) atoms. The quantitative estimate of drug-likeness (QED) is 0.511. The average molecular weight is 451 g/mol. The number of carboxylic acid groups (broad SMARTS) is 1. The number of carboxylic acids is 1. The molecule has 0 atom stereocenters. The molecule has 0 heterocycles. The standard InChI is InChI=1S/C18H13Br2NO3/c1-11-2-4-13(5-3-11)14(9-21)6-12-7-15(19)18(16(20)8-12)24-10-17(22)23/h2-8H,10H2,1H3,(H,22,23)/b14-6-. The van der Waals surface area contributed by atoms with Crippen molar-refractivity contribution in [1.82, 2.24) is 0 Å². The summed E-state index contributed by atoms with van der Waals surface area (Å²) in [6, 6.07) is 13.5. The van der Waals surface area contributed by atoms with E-state index in [2.05, 4.69) is 37.9 Å². The molecule has 2 aromatic carbocycles. The highest BCUT2D eigenvalue weighted by molar-refractivity contribution is 9.11. The van der Waals surface area contributed by atoms with Crippen LogP contribution in [0.3, 0.4) is 0 Å².